The Balaban J connectivity index is 1.79. The molecule has 4 rings (SSSR count). The normalized spacial score (nSPS) is 21.5. The molecule has 2 atom stereocenters. The number of hydrogen-bond acceptors (Lipinski definition) is 6. The van der Waals surface area contributed by atoms with Crippen molar-refractivity contribution < 1.29 is 28.9 Å². The highest BCUT2D eigenvalue weighted by atomic mass is 16.5. The molecule has 168 valence electrons. The van der Waals surface area contributed by atoms with Crippen LogP contribution >= 0.6 is 0 Å². The fourth-order valence-corrected chi connectivity index (χ4v) is 4.35. The second-order valence-corrected chi connectivity index (χ2v) is 8.07. The minimum atomic E-state index is -0.693. The number of nitrogens with zero attached hydrogens (tertiary/aromatic N) is 1. The van der Waals surface area contributed by atoms with Gasteiger partial charge in [0.15, 0.2) is 0 Å². The lowest BCUT2D eigenvalue weighted by Gasteiger charge is -2.25. The molecule has 32 heavy (non-hydrogen) atoms. The summed E-state index contributed by atoms with van der Waals surface area (Å²) in [7, 11) is 3.16. The number of rotatable bonds is 7. The van der Waals surface area contributed by atoms with E-state index in [1.807, 2.05) is 25.1 Å². The molecule has 1 fully saturated rings. The van der Waals surface area contributed by atoms with Crippen molar-refractivity contribution in [2.45, 2.75) is 31.9 Å². The molecule has 2 aliphatic heterocycles. The van der Waals surface area contributed by atoms with E-state index in [2.05, 4.69) is 0 Å². The molecule has 2 heterocycles. The molecule has 0 spiro atoms. The van der Waals surface area contributed by atoms with Gasteiger partial charge in [-0.05, 0) is 54.8 Å². The van der Waals surface area contributed by atoms with Crippen molar-refractivity contribution in [1.82, 2.24) is 4.90 Å². The number of fused-ring (bicyclic) bond motifs is 1. The molecule has 2 aliphatic rings. The summed E-state index contributed by atoms with van der Waals surface area (Å²) in [5.74, 6) is -0.0493. The van der Waals surface area contributed by atoms with Gasteiger partial charge < -0.3 is 24.2 Å². The Kier molecular flexibility index (Phi) is 6.19. The van der Waals surface area contributed by atoms with E-state index in [4.69, 9.17) is 14.2 Å². The zero-order valence-corrected chi connectivity index (χ0v) is 18.5. The quantitative estimate of drug-likeness (QED) is 0.309. The molecular formula is C25H27NO6. The van der Waals surface area contributed by atoms with Crippen LogP contribution in [0.1, 0.15) is 36.1 Å². The molecule has 7 heteroatoms. The zero-order valence-electron chi connectivity index (χ0n) is 18.5. The number of hydrogen-bond donors (Lipinski definition) is 1. The van der Waals surface area contributed by atoms with Gasteiger partial charge in [-0.1, -0.05) is 12.1 Å². The summed E-state index contributed by atoms with van der Waals surface area (Å²) < 4.78 is 16.1. The van der Waals surface area contributed by atoms with Gasteiger partial charge in [-0.15, -0.1) is 0 Å². The van der Waals surface area contributed by atoms with Crippen molar-refractivity contribution in [3.05, 3.63) is 64.7 Å². The Hall–Kier alpha value is -3.32. The van der Waals surface area contributed by atoms with Gasteiger partial charge in [0.25, 0.3) is 11.7 Å². The predicted molar refractivity (Wildman–Crippen MR) is 119 cm³/mol. The van der Waals surface area contributed by atoms with Gasteiger partial charge in [-0.25, -0.2) is 0 Å². The van der Waals surface area contributed by atoms with Crippen molar-refractivity contribution in [3.8, 4) is 11.5 Å². The maximum Gasteiger partial charge on any atom is 0.295 e. The van der Waals surface area contributed by atoms with Crippen LogP contribution in [0.25, 0.3) is 5.76 Å². The van der Waals surface area contributed by atoms with E-state index in [-0.39, 0.29) is 17.4 Å². The Morgan fingerprint density at radius 3 is 2.59 bits per heavy atom. The molecule has 0 radical (unpaired) electrons. The van der Waals surface area contributed by atoms with E-state index >= 15 is 0 Å². The first-order chi connectivity index (χ1) is 15.4. The fraction of sp³-hybridized carbons (Fsp3) is 0.360. The smallest absolute Gasteiger partial charge is 0.295 e. The topological polar surface area (TPSA) is 85.3 Å². The van der Waals surface area contributed by atoms with Crippen LogP contribution in [0.2, 0.25) is 0 Å². The fourth-order valence-electron chi connectivity index (χ4n) is 4.35. The second-order valence-electron chi connectivity index (χ2n) is 8.07. The van der Waals surface area contributed by atoms with Gasteiger partial charge in [-0.2, -0.15) is 0 Å². The average Bonchev–Trinajstić information content (AvgIpc) is 3.29. The van der Waals surface area contributed by atoms with Gasteiger partial charge in [0.1, 0.15) is 23.4 Å². The standard InChI is InChI=1S/C25H27NO6/c1-15-13-18-14-17(7-10-20(18)32-15)23(27)21-22(16-5-8-19(31-3)9-6-16)26(11-4-12-30-2)25(29)24(21)28/h5-10,14-15,22,27H,4,11-13H2,1-3H3/t15-,22-/m0/s1. The summed E-state index contributed by atoms with van der Waals surface area (Å²) >= 11 is 0. The van der Waals surface area contributed by atoms with Crippen LogP contribution in [-0.2, 0) is 20.7 Å². The van der Waals surface area contributed by atoms with Gasteiger partial charge in [-0.3, -0.25) is 9.59 Å². The van der Waals surface area contributed by atoms with E-state index in [0.717, 1.165) is 23.3 Å². The molecule has 0 unspecified atom stereocenters. The number of amides is 1. The predicted octanol–water partition coefficient (Wildman–Crippen LogP) is 3.48. The number of carbonyl (C=O) groups excluding carboxylic acids is 2. The third kappa shape index (κ3) is 3.96. The Bertz CT molecular complexity index is 1060. The number of aliphatic hydroxyl groups is 1. The second kappa shape index (κ2) is 9.04. The van der Waals surface area contributed by atoms with Crippen LogP contribution in [0.5, 0.6) is 11.5 Å². The van der Waals surface area contributed by atoms with Crippen molar-refractivity contribution in [1.29, 1.82) is 0 Å². The molecule has 0 aromatic heterocycles. The average molecular weight is 437 g/mol. The van der Waals surface area contributed by atoms with E-state index in [1.54, 1.807) is 38.5 Å². The van der Waals surface area contributed by atoms with Crippen LogP contribution in [-0.4, -0.2) is 55.2 Å². The lowest BCUT2D eigenvalue weighted by molar-refractivity contribution is -0.140. The van der Waals surface area contributed by atoms with Crippen LogP contribution in [0, 0.1) is 0 Å². The Labute approximate surface area is 187 Å². The molecule has 1 amide bonds. The molecule has 1 N–H and O–H groups in total. The molecule has 0 saturated carbocycles. The number of benzene rings is 2. The summed E-state index contributed by atoms with van der Waals surface area (Å²) in [6, 6.07) is 11.8. The van der Waals surface area contributed by atoms with E-state index in [0.29, 0.717) is 30.9 Å². The van der Waals surface area contributed by atoms with Crippen LogP contribution < -0.4 is 9.47 Å². The Morgan fingerprint density at radius 1 is 1.16 bits per heavy atom. The maximum absolute atomic E-state index is 13.1. The van der Waals surface area contributed by atoms with Crippen molar-refractivity contribution in [3.63, 3.8) is 0 Å². The number of likely N-dealkylation sites (tertiary alicyclic amines) is 1. The highest BCUT2D eigenvalue weighted by Crippen LogP contribution is 2.41. The largest absolute Gasteiger partial charge is 0.507 e. The molecule has 1 saturated heterocycles. The molecule has 0 bridgehead atoms. The number of Topliss-reactive ketones (excluding diaryl/α,β-unsaturated/α-hetero) is 1. The lowest BCUT2D eigenvalue weighted by atomic mass is 9.94. The first kappa shape index (κ1) is 21.9. The SMILES string of the molecule is COCCCN1C(=O)C(=O)C(=C(O)c2ccc3c(c2)C[C@H](C)O3)[C@@H]1c1ccc(OC)cc1. The zero-order chi connectivity index (χ0) is 22.8. The van der Waals surface area contributed by atoms with E-state index in [9.17, 15) is 14.7 Å². The van der Waals surface area contributed by atoms with Crippen molar-refractivity contribution >= 4 is 17.4 Å². The van der Waals surface area contributed by atoms with Gasteiger partial charge >= 0.3 is 0 Å². The van der Waals surface area contributed by atoms with Crippen molar-refractivity contribution in [2.24, 2.45) is 0 Å². The molecule has 7 nitrogen and oxygen atoms in total. The summed E-state index contributed by atoms with van der Waals surface area (Å²) in [6.07, 6.45) is 1.36. The maximum atomic E-state index is 13.1. The number of ketones is 1. The molecule has 0 aliphatic carbocycles. The number of carbonyl (C=O) groups is 2. The summed E-state index contributed by atoms with van der Waals surface area (Å²) in [5, 5.41) is 11.2. The first-order valence-corrected chi connectivity index (χ1v) is 10.7. The minimum absolute atomic E-state index is 0.0630. The van der Waals surface area contributed by atoms with Crippen LogP contribution in [0.4, 0.5) is 0 Å². The van der Waals surface area contributed by atoms with Crippen LogP contribution in [0.3, 0.4) is 0 Å². The van der Waals surface area contributed by atoms with Crippen LogP contribution in [0.15, 0.2) is 48.0 Å². The first-order valence-electron chi connectivity index (χ1n) is 10.7. The highest BCUT2D eigenvalue weighted by molar-refractivity contribution is 6.46. The summed E-state index contributed by atoms with van der Waals surface area (Å²) in [4.78, 5) is 27.5. The molecule has 2 aromatic rings. The van der Waals surface area contributed by atoms with E-state index in [1.165, 1.54) is 4.90 Å². The van der Waals surface area contributed by atoms with Crippen molar-refractivity contribution in [2.75, 3.05) is 27.4 Å². The lowest BCUT2D eigenvalue weighted by Crippen LogP contribution is -2.31. The van der Waals surface area contributed by atoms with Gasteiger partial charge in [0.2, 0.25) is 0 Å². The van der Waals surface area contributed by atoms with Gasteiger partial charge in [0.05, 0.1) is 18.7 Å². The number of aliphatic hydroxyl groups excluding tert-OH is 1. The highest BCUT2D eigenvalue weighted by Gasteiger charge is 2.45. The summed E-state index contributed by atoms with van der Waals surface area (Å²) in [5.41, 5.74) is 2.28. The van der Waals surface area contributed by atoms with E-state index < -0.39 is 17.7 Å². The number of methoxy groups -OCH3 is 2. The van der Waals surface area contributed by atoms with Gasteiger partial charge in [0, 0.05) is 32.2 Å². The molecule has 2 aromatic carbocycles. The summed E-state index contributed by atoms with van der Waals surface area (Å²) in [6.45, 7) is 2.78. The molecular weight excluding hydrogens is 410 g/mol. The third-order valence-corrected chi connectivity index (χ3v) is 5.89. The Morgan fingerprint density at radius 2 is 1.91 bits per heavy atom. The monoisotopic (exact) mass is 437 g/mol. The number of ether oxygens (including phenoxy) is 3. The third-order valence-electron chi connectivity index (χ3n) is 5.89. The minimum Gasteiger partial charge on any atom is -0.507 e.